The quantitative estimate of drug-likeness (QED) is 0.369. The zero-order chi connectivity index (χ0) is 10.1. The van der Waals surface area contributed by atoms with Gasteiger partial charge in [-0.25, -0.2) is 0 Å². The molecule has 0 saturated heterocycles. The second kappa shape index (κ2) is 8.69. The fourth-order valence-electron chi connectivity index (χ4n) is 1.38. The van der Waals surface area contributed by atoms with Crippen molar-refractivity contribution in [3.05, 3.63) is 0 Å². The maximum atomic E-state index is 5.55. The Morgan fingerprint density at radius 1 is 1.38 bits per heavy atom. The first-order valence-electron chi connectivity index (χ1n) is 5.37. The number of rotatable bonds is 7. The van der Waals surface area contributed by atoms with Gasteiger partial charge in [0.25, 0.3) is 0 Å². The van der Waals surface area contributed by atoms with E-state index in [1.165, 1.54) is 48.4 Å². The van der Waals surface area contributed by atoms with Crippen LogP contribution in [0.1, 0.15) is 46.0 Å². The van der Waals surface area contributed by atoms with Gasteiger partial charge >= 0.3 is 0 Å². The van der Waals surface area contributed by atoms with Crippen molar-refractivity contribution >= 4 is 27.5 Å². The van der Waals surface area contributed by atoms with E-state index in [-0.39, 0.29) is 0 Å². The zero-order valence-corrected chi connectivity index (χ0v) is 12.0. The van der Waals surface area contributed by atoms with Crippen LogP contribution in [-0.4, -0.2) is 21.4 Å². The molecule has 1 nitrogen and oxygen atoms in total. The monoisotopic (exact) mass is 218 g/mol. The highest BCUT2D eigenvalue weighted by molar-refractivity contribution is 7.80. The Bertz CT molecular complexity index is 139. The number of unbranched alkanes of at least 4 members (excludes halogenated alkanes) is 3. The molecule has 3 heteroatoms. The van der Waals surface area contributed by atoms with Crippen LogP contribution in [0.4, 0.5) is 0 Å². The van der Waals surface area contributed by atoms with Gasteiger partial charge in [-0.3, -0.25) is 0 Å². The molecule has 0 fully saturated rings. The summed E-state index contributed by atoms with van der Waals surface area (Å²) in [5, 5.41) is 0.705. The van der Waals surface area contributed by atoms with Crippen molar-refractivity contribution in [3.8, 4) is 0 Å². The Labute approximate surface area is 90.7 Å². The van der Waals surface area contributed by atoms with Crippen molar-refractivity contribution in [1.82, 2.24) is 0 Å². The molecule has 13 heavy (non-hydrogen) atoms. The average molecular weight is 218 g/mol. The number of thiocarbonyl (C=S) groups is 1. The molecule has 0 rings (SSSR count). The van der Waals surface area contributed by atoms with Crippen LogP contribution >= 0.6 is 12.2 Å². The molecule has 0 aliphatic heterocycles. The molecule has 0 N–H and O–H groups in total. The molecule has 0 heterocycles. The summed E-state index contributed by atoms with van der Waals surface area (Å²) < 4.78 is 5.55. The Morgan fingerprint density at radius 3 is 2.54 bits per heavy atom. The Balaban J connectivity index is 3.42. The lowest BCUT2D eigenvalue weighted by Gasteiger charge is -2.15. The second-order valence-corrected chi connectivity index (χ2v) is 4.88. The fraction of sp³-hybridized carbons (Fsp3) is 0.900. The molecular formula is C10H22OSSi. The summed E-state index contributed by atoms with van der Waals surface area (Å²) in [7, 11) is 1.21. The van der Waals surface area contributed by atoms with E-state index in [0.717, 1.165) is 0 Å². The molecule has 0 aliphatic carbocycles. The summed E-state index contributed by atoms with van der Waals surface area (Å²) in [6.07, 6.45) is 6.90. The van der Waals surface area contributed by atoms with Crippen LogP contribution in [0.15, 0.2) is 0 Å². The largest absolute Gasteiger partial charge is 0.485 e. The third-order valence-corrected chi connectivity index (χ3v) is 3.17. The van der Waals surface area contributed by atoms with Gasteiger partial charge in [-0.1, -0.05) is 26.2 Å². The molecule has 1 unspecified atom stereocenters. The molecule has 0 aliphatic rings. The van der Waals surface area contributed by atoms with Crippen LogP contribution in [-0.2, 0) is 4.74 Å². The van der Waals surface area contributed by atoms with Crippen LogP contribution in [0, 0.1) is 0 Å². The van der Waals surface area contributed by atoms with Crippen LogP contribution in [0.2, 0.25) is 6.04 Å². The van der Waals surface area contributed by atoms with E-state index in [2.05, 4.69) is 6.92 Å². The topological polar surface area (TPSA) is 9.23 Å². The third-order valence-electron chi connectivity index (χ3n) is 2.17. The van der Waals surface area contributed by atoms with E-state index in [0.29, 0.717) is 11.2 Å². The van der Waals surface area contributed by atoms with Crippen LogP contribution < -0.4 is 0 Å². The molecule has 1 atom stereocenters. The molecule has 0 aromatic carbocycles. The van der Waals surface area contributed by atoms with Gasteiger partial charge in [-0.05, 0) is 31.1 Å². The smallest absolute Gasteiger partial charge is 0.156 e. The van der Waals surface area contributed by atoms with E-state index >= 15 is 0 Å². The lowest BCUT2D eigenvalue weighted by molar-refractivity contribution is 0.198. The van der Waals surface area contributed by atoms with Crippen LogP contribution in [0.5, 0.6) is 0 Å². The highest BCUT2D eigenvalue weighted by Crippen LogP contribution is 2.11. The fourth-order valence-corrected chi connectivity index (χ4v) is 2.09. The third kappa shape index (κ3) is 8.44. The maximum Gasteiger partial charge on any atom is 0.156 e. The minimum Gasteiger partial charge on any atom is -0.485 e. The number of ether oxygens (including phenoxy) is 1. The van der Waals surface area contributed by atoms with Gasteiger partial charge in [-0.2, -0.15) is 0 Å². The molecule has 0 aromatic heterocycles. The van der Waals surface area contributed by atoms with Gasteiger partial charge in [-0.15, -0.1) is 0 Å². The van der Waals surface area contributed by atoms with Crippen molar-refractivity contribution in [2.45, 2.75) is 58.1 Å². The molecule has 78 valence electrons. The van der Waals surface area contributed by atoms with E-state index < -0.39 is 0 Å². The van der Waals surface area contributed by atoms with Gasteiger partial charge < -0.3 is 4.74 Å². The second-order valence-electron chi connectivity index (χ2n) is 3.49. The van der Waals surface area contributed by atoms with Crippen LogP contribution in [0.25, 0.3) is 0 Å². The number of hydrogen-bond acceptors (Lipinski definition) is 2. The molecular weight excluding hydrogens is 196 g/mol. The molecule has 0 aromatic rings. The van der Waals surface area contributed by atoms with Crippen molar-refractivity contribution < 1.29 is 4.74 Å². The minimum absolute atomic E-state index is 0.418. The van der Waals surface area contributed by atoms with Crippen molar-refractivity contribution in [1.29, 1.82) is 0 Å². The summed E-state index contributed by atoms with van der Waals surface area (Å²) in [6.45, 7) is 4.10. The summed E-state index contributed by atoms with van der Waals surface area (Å²) >= 11 is 4.93. The standard InChI is InChI=1S/C10H22OSSi/c1-3-4-5-6-7-10(8-13)11-9(2)12/h10H,3-8H2,1-2,13H3. The average Bonchev–Trinajstić information content (AvgIpc) is 2.09. The molecule has 0 amide bonds. The maximum absolute atomic E-state index is 5.55. The predicted octanol–water partition coefficient (Wildman–Crippen LogP) is 2.47. The highest BCUT2D eigenvalue weighted by atomic mass is 32.1. The van der Waals surface area contributed by atoms with E-state index in [1.807, 2.05) is 6.92 Å². The molecule has 0 spiro atoms. The summed E-state index contributed by atoms with van der Waals surface area (Å²) in [5.41, 5.74) is 0. The minimum atomic E-state index is 0.418. The van der Waals surface area contributed by atoms with Gasteiger partial charge in [0.05, 0.1) is 6.10 Å². The molecule has 0 bridgehead atoms. The van der Waals surface area contributed by atoms with E-state index in [4.69, 9.17) is 17.0 Å². The zero-order valence-electron chi connectivity index (χ0n) is 9.14. The molecule has 0 saturated carbocycles. The molecule has 0 radical (unpaired) electrons. The first kappa shape index (κ1) is 13.1. The first-order valence-corrected chi connectivity index (χ1v) is 7.20. The van der Waals surface area contributed by atoms with Gasteiger partial charge in [0.15, 0.2) is 5.05 Å². The SMILES string of the molecule is CCCCCCC(C[SiH3])OC(C)=S. The van der Waals surface area contributed by atoms with Crippen molar-refractivity contribution in [2.75, 3.05) is 0 Å². The van der Waals surface area contributed by atoms with Crippen LogP contribution in [0.3, 0.4) is 0 Å². The first-order chi connectivity index (χ1) is 6.20. The highest BCUT2D eigenvalue weighted by Gasteiger charge is 2.06. The lowest BCUT2D eigenvalue weighted by atomic mass is 10.1. The normalized spacial score (nSPS) is 12.8. The van der Waals surface area contributed by atoms with Gasteiger partial charge in [0, 0.05) is 17.2 Å². The van der Waals surface area contributed by atoms with Crippen molar-refractivity contribution in [3.63, 3.8) is 0 Å². The van der Waals surface area contributed by atoms with Gasteiger partial charge in [0.1, 0.15) is 0 Å². The van der Waals surface area contributed by atoms with E-state index in [9.17, 15) is 0 Å². The van der Waals surface area contributed by atoms with Crippen molar-refractivity contribution in [2.24, 2.45) is 0 Å². The predicted molar refractivity (Wildman–Crippen MR) is 66.7 cm³/mol. The number of hydrogen-bond donors (Lipinski definition) is 0. The Morgan fingerprint density at radius 2 is 2.08 bits per heavy atom. The summed E-state index contributed by atoms with van der Waals surface area (Å²) in [4.78, 5) is 0. The Hall–Kier alpha value is 0.107. The summed E-state index contributed by atoms with van der Waals surface area (Å²) in [5.74, 6) is 0. The Kier molecular flexibility index (Phi) is 8.77. The lowest BCUT2D eigenvalue weighted by Crippen LogP contribution is -2.14. The van der Waals surface area contributed by atoms with Gasteiger partial charge in [0.2, 0.25) is 0 Å². The summed E-state index contributed by atoms with van der Waals surface area (Å²) in [6, 6.07) is 1.21. The van der Waals surface area contributed by atoms with E-state index in [1.54, 1.807) is 0 Å².